The summed E-state index contributed by atoms with van der Waals surface area (Å²) in [5, 5.41) is 0. The van der Waals surface area contributed by atoms with Crippen molar-refractivity contribution in [3.05, 3.63) is 42.0 Å². The van der Waals surface area contributed by atoms with Crippen molar-refractivity contribution in [3.63, 3.8) is 0 Å². The summed E-state index contributed by atoms with van der Waals surface area (Å²) in [5.41, 5.74) is 1.12. The van der Waals surface area contributed by atoms with E-state index in [0.29, 0.717) is 18.0 Å². The van der Waals surface area contributed by atoms with E-state index in [9.17, 15) is 8.42 Å². The van der Waals surface area contributed by atoms with E-state index in [1.54, 1.807) is 24.3 Å². The summed E-state index contributed by atoms with van der Waals surface area (Å²) in [6, 6.07) is 8.60. The van der Waals surface area contributed by atoms with E-state index >= 15 is 0 Å². The third-order valence-electron chi connectivity index (χ3n) is 2.68. The molecule has 1 aliphatic heterocycles. The van der Waals surface area contributed by atoms with Gasteiger partial charge in [-0.1, -0.05) is 29.8 Å². The van der Waals surface area contributed by atoms with Crippen LogP contribution in [0.25, 0.3) is 0 Å². The summed E-state index contributed by atoms with van der Waals surface area (Å²) in [4.78, 5) is 0.379. The molecular weight excluding hydrogens is 222 g/mol. The monoisotopic (exact) mass is 237 g/mol. The molecule has 0 bridgehead atoms. The Labute approximate surface area is 96.4 Å². The van der Waals surface area contributed by atoms with Crippen molar-refractivity contribution in [2.24, 2.45) is 0 Å². The standard InChI is InChI=1S/C12H15NO2S/c1-11-6-5-9-13(10-11)16(14,15)12-7-3-2-4-8-12/h2-4,6-8H,5,9-10H2,1H3. The van der Waals surface area contributed by atoms with Crippen molar-refractivity contribution < 1.29 is 8.42 Å². The average Bonchev–Trinajstić information content (AvgIpc) is 2.30. The number of sulfonamides is 1. The molecule has 0 fully saturated rings. The van der Waals surface area contributed by atoms with Gasteiger partial charge in [0.15, 0.2) is 0 Å². The smallest absolute Gasteiger partial charge is 0.207 e. The summed E-state index contributed by atoms with van der Waals surface area (Å²) in [6.45, 7) is 3.05. The summed E-state index contributed by atoms with van der Waals surface area (Å²) in [6.07, 6.45) is 2.90. The number of rotatable bonds is 2. The highest BCUT2D eigenvalue weighted by Crippen LogP contribution is 2.19. The Balaban J connectivity index is 2.30. The van der Waals surface area contributed by atoms with Gasteiger partial charge in [0.25, 0.3) is 0 Å². The fourth-order valence-electron chi connectivity index (χ4n) is 1.82. The average molecular weight is 237 g/mol. The molecule has 0 aliphatic carbocycles. The molecule has 2 rings (SSSR count). The quantitative estimate of drug-likeness (QED) is 0.738. The topological polar surface area (TPSA) is 37.4 Å². The zero-order valence-corrected chi connectivity index (χ0v) is 10.1. The maximum absolute atomic E-state index is 12.2. The van der Waals surface area contributed by atoms with Crippen LogP contribution >= 0.6 is 0 Å². The summed E-state index contributed by atoms with van der Waals surface area (Å²) in [5.74, 6) is 0. The van der Waals surface area contributed by atoms with Crippen LogP contribution in [-0.4, -0.2) is 25.8 Å². The Morgan fingerprint density at radius 3 is 2.50 bits per heavy atom. The van der Waals surface area contributed by atoms with Crippen LogP contribution < -0.4 is 0 Å². The van der Waals surface area contributed by atoms with Crippen molar-refractivity contribution in [2.75, 3.05) is 13.1 Å². The number of hydrogen-bond donors (Lipinski definition) is 0. The lowest BCUT2D eigenvalue weighted by Crippen LogP contribution is -2.35. The molecule has 1 aliphatic rings. The minimum Gasteiger partial charge on any atom is -0.207 e. The Morgan fingerprint density at radius 1 is 1.19 bits per heavy atom. The van der Waals surface area contributed by atoms with E-state index < -0.39 is 10.0 Å². The molecule has 0 atom stereocenters. The Morgan fingerprint density at radius 2 is 1.88 bits per heavy atom. The highest BCUT2D eigenvalue weighted by atomic mass is 32.2. The molecule has 3 nitrogen and oxygen atoms in total. The van der Waals surface area contributed by atoms with Gasteiger partial charge in [-0.05, 0) is 25.5 Å². The third-order valence-corrected chi connectivity index (χ3v) is 4.54. The predicted molar refractivity (Wildman–Crippen MR) is 63.6 cm³/mol. The molecule has 0 aromatic heterocycles. The van der Waals surface area contributed by atoms with Gasteiger partial charge in [-0.25, -0.2) is 8.42 Å². The number of nitrogens with zero attached hydrogens (tertiary/aromatic N) is 1. The van der Waals surface area contributed by atoms with Crippen LogP contribution in [-0.2, 0) is 10.0 Å². The highest BCUT2D eigenvalue weighted by molar-refractivity contribution is 7.89. The van der Waals surface area contributed by atoms with Crippen LogP contribution in [0.15, 0.2) is 46.9 Å². The molecule has 0 saturated heterocycles. The van der Waals surface area contributed by atoms with Gasteiger partial charge in [-0.15, -0.1) is 0 Å². The Kier molecular flexibility index (Phi) is 3.12. The molecular formula is C12H15NO2S. The zero-order chi connectivity index (χ0) is 11.6. The molecule has 1 aromatic carbocycles. The van der Waals surface area contributed by atoms with Crippen LogP contribution in [0.2, 0.25) is 0 Å². The second-order valence-corrected chi connectivity index (χ2v) is 5.93. The van der Waals surface area contributed by atoms with Crippen LogP contribution in [0, 0.1) is 0 Å². The Bertz CT molecular complexity index is 491. The molecule has 0 radical (unpaired) electrons. The van der Waals surface area contributed by atoms with Gasteiger partial charge in [-0.2, -0.15) is 4.31 Å². The van der Waals surface area contributed by atoms with Gasteiger partial charge in [-0.3, -0.25) is 0 Å². The van der Waals surface area contributed by atoms with Gasteiger partial charge < -0.3 is 0 Å². The first-order chi connectivity index (χ1) is 7.60. The first-order valence-electron chi connectivity index (χ1n) is 5.31. The lowest BCUT2D eigenvalue weighted by molar-refractivity contribution is 0.428. The maximum atomic E-state index is 12.2. The van der Waals surface area contributed by atoms with E-state index in [2.05, 4.69) is 6.08 Å². The third kappa shape index (κ3) is 2.18. The lowest BCUT2D eigenvalue weighted by Gasteiger charge is -2.25. The van der Waals surface area contributed by atoms with Gasteiger partial charge in [0, 0.05) is 13.1 Å². The van der Waals surface area contributed by atoms with Gasteiger partial charge in [0.2, 0.25) is 10.0 Å². The SMILES string of the molecule is CC1=CCCN(S(=O)(=O)c2ccccc2)C1. The molecule has 16 heavy (non-hydrogen) atoms. The lowest BCUT2D eigenvalue weighted by atomic mass is 10.2. The van der Waals surface area contributed by atoms with Gasteiger partial charge >= 0.3 is 0 Å². The van der Waals surface area contributed by atoms with Crippen molar-refractivity contribution in [3.8, 4) is 0 Å². The fraction of sp³-hybridized carbons (Fsp3) is 0.333. The molecule has 86 valence electrons. The van der Waals surface area contributed by atoms with Gasteiger partial charge in [0.1, 0.15) is 0 Å². The van der Waals surface area contributed by atoms with Crippen LogP contribution in [0.1, 0.15) is 13.3 Å². The highest BCUT2D eigenvalue weighted by Gasteiger charge is 2.25. The van der Waals surface area contributed by atoms with E-state index in [1.165, 1.54) is 4.31 Å². The van der Waals surface area contributed by atoms with Crippen LogP contribution in [0.4, 0.5) is 0 Å². The summed E-state index contributed by atoms with van der Waals surface area (Å²) < 4.78 is 26.0. The van der Waals surface area contributed by atoms with E-state index in [0.717, 1.165) is 12.0 Å². The second-order valence-electron chi connectivity index (χ2n) is 3.99. The molecule has 1 aromatic rings. The molecule has 0 unspecified atom stereocenters. The molecule has 4 heteroatoms. The number of hydrogen-bond acceptors (Lipinski definition) is 2. The fourth-order valence-corrected chi connectivity index (χ4v) is 3.34. The largest absolute Gasteiger partial charge is 0.243 e. The molecule has 1 heterocycles. The molecule has 0 N–H and O–H groups in total. The van der Waals surface area contributed by atoms with Crippen molar-refractivity contribution in [2.45, 2.75) is 18.2 Å². The number of benzene rings is 1. The first-order valence-corrected chi connectivity index (χ1v) is 6.75. The van der Waals surface area contributed by atoms with Crippen molar-refractivity contribution >= 4 is 10.0 Å². The first kappa shape index (κ1) is 11.4. The van der Waals surface area contributed by atoms with Gasteiger partial charge in [0.05, 0.1) is 4.90 Å². The predicted octanol–water partition coefficient (Wildman–Crippen LogP) is 2.03. The van der Waals surface area contributed by atoms with Crippen molar-refractivity contribution in [1.82, 2.24) is 4.31 Å². The molecule has 0 spiro atoms. The second kappa shape index (κ2) is 4.39. The van der Waals surface area contributed by atoms with E-state index in [4.69, 9.17) is 0 Å². The zero-order valence-electron chi connectivity index (χ0n) is 9.26. The molecule has 0 saturated carbocycles. The maximum Gasteiger partial charge on any atom is 0.243 e. The van der Waals surface area contributed by atoms with Crippen LogP contribution in [0.3, 0.4) is 0 Å². The van der Waals surface area contributed by atoms with Crippen molar-refractivity contribution in [1.29, 1.82) is 0 Å². The minimum atomic E-state index is -3.30. The van der Waals surface area contributed by atoms with E-state index in [1.807, 2.05) is 13.0 Å². The summed E-state index contributed by atoms with van der Waals surface area (Å²) in [7, 11) is -3.30. The van der Waals surface area contributed by atoms with E-state index in [-0.39, 0.29) is 0 Å². The normalized spacial score (nSPS) is 18.2. The molecule has 0 amide bonds. The van der Waals surface area contributed by atoms with Crippen LogP contribution in [0.5, 0.6) is 0 Å². The summed E-state index contributed by atoms with van der Waals surface area (Å²) >= 11 is 0. The Hall–Kier alpha value is -1.13. The minimum absolute atomic E-state index is 0.379.